The number of anilines is 1. The van der Waals surface area contributed by atoms with Crippen LogP contribution in [0.3, 0.4) is 0 Å². The van der Waals surface area contributed by atoms with Crippen LogP contribution in [0, 0.1) is 6.92 Å². The van der Waals surface area contributed by atoms with Gasteiger partial charge in [-0.25, -0.2) is 0 Å². The van der Waals surface area contributed by atoms with Crippen LogP contribution in [0.4, 0.5) is 5.69 Å². The zero-order valence-electron chi connectivity index (χ0n) is 19.8. The number of benzene rings is 2. The largest absolute Gasteiger partial charge is 0.464 e. The van der Waals surface area contributed by atoms with Crippen molar-refractivity contribution in [1.82, 2.24) is 19.7 Å². The number of amides is 1. The first kappa shape index (κ1) is 21.9. The summed E-state index contributed by atoms with van der Waals surface area (Å²) in [6.07, 6.45) is -0.633. The fourth-order valence-corrected chi connectivity index (χ4v) is 4.64. The summed E-state index contributed by atoms with van der Waals surface area (Å²) in [6, 6.07) is 22.4. The molecule has 1 aliphatic heterocycles. The molecule has 0 radical (unpaired) electrons. The van der Waals surface area contributed by atoms with Crippen molar-refractivity contribution in [3.63, 3.8) is 0 Å². The number of hydrogen-bond acceptors (Lipinski definition) is 5. The van der Waals surface area contributed by atoms with Crippen molar-refractivity contribution in [3.8, 4) is 17.0 Å². The molecule has 34 heavy (non-hydrogen) atoms. The van der Waals surface area contributed by atoms with E-state index in [0.29, 0.717) is 19.0 Å². The van der Waals surface area contributed by atoms with Crippen LogP contribution in [0.2, 0.25) is 0 Å². The molecule has 1 fully saturated rings. The van der Waals surface area contributed by atoms with E-state index in [4.69, 9.17) is 9.72 Å². The lowest BCUT2D eigenvalue weighted by molar-refractivity contribution is -0.138. The monoisotopic (exact) mass is 455 g/mol. The van der Waals surface area contributed by atoms with Gasteiger partial charge < -0.3 is 14.5 Å². The molecule has 0 N–H and O–H groups in total. The fraction of sp³-hybridized carbons (Fsp3) is 0.296. The molecule has 0 bridgehead atoms. The van der Waals surface area contributed by atoms with Gasteiger partial charge in [0.15, 0.2) is 11.8 Å². The molecular formula is C27H29N5O2. The summed E-state index contributed by atoms with van der Waals surface area (Å²) in [7, 11) is 1.88. The Morgan fingerprint density at radius 3 is 2.29 bits per heavy atom. The third kappa shape index (κ3) is 4.21. The minimum atomic E-state index is -0.633. The van der Waals surface area contributed by atoms with E-state index in [-0.39, 0.29) is 5.91 Å². The molecule has 5 rings (SSSR count). The number of ether oxygens (including phenoxy) is 1. The van der Waals surface area contributed by atoms with Crippen molar-refractivity contribution in [2.24, 2.45) is 7.05 Å². The lowest BCUT2D eigenvalue weighted by Gasteiger charge is -2.37. The van der Waals surface area contributed by atoms with Crippen LogP contribution < -0.4 is 9.64 Å². The second-order valence-electron chi connectivity index (χ2n) is 8.69. The highest BCUT2D eigenvalue weighted by molar-refractivity contribution is 5.95. The van der Waals surface area contributed by atoms with Gasteiger partial charge in [0.05, 0.1) is 11.1 Å². The van der Waals surface area contributed by atoms with Crippen molar-refractivity contribution in [3.05, 3.63) is 72.4 Å². The van der Waals surface area contributed by atoms with Gasteiger partial charge in [-0.05, 0) is 37.1 Å². The zero-order valence-corrected chi connectivity index (χ0v) is 19.8. The van der Waals surface area contributed by atoms with Crippen molar-refractivity contribution >= 4 is 22.6 Å². The Kier molecular flexibility index (Phi) is 5.92. The summed E-state index contributed by atoms with van der Waals surface area (Å²) in [6.45, 7) is 6.74. The molecule has 174 valence electrons. The predicted molar refractivity (Wildman–Crippen MR) is 134 cm³/mol. The zero-order chi connectivity index (χ0) is 23.7. The molecule has 0 unspecified atom stereocenters. The number of pyridine rings is 1. The van der Waals surface area contributed by atoms with E-state index >= 15 is 0 Å². The van der Waals surface area contributed by atoms with Gasteiger partial charge in [0.2, 0.25) is 5.88 Å². The maximum atomic E-state index is 13.2. The standard InChI is InChI=1S/C27H29N5O2/c1-19-25-23(21-10-6-4-7-11-21)18-24(28-26(25)30(3)29-19)34-20(2)27(33)32-16-14-31(15-17-32)22-12-8-5-9-13-22/h4-13,18,20H,14-17H2,1-3H3/t20-/m1/s1. The van der Waals surface area contributed by atoms with E-state index in [1.807, 2.05) is 61.3 Å². The molecule has 1 atom stereocenters. The molecule has 3 heterocycles. The number of aromatic nitrogens is 3. The number of para-hydroxylation sites is 1. The molecule has 1 saturated heterocycles. The van der Waals surface area contributed by atoms with E-state index in [1.165, 1.54) is 5.69 Å². The van der Waals surface area contributed by atoms with Gasteiger partial charge in [0.25, 0.3) is 5.91 Å². The lowest BCUT2D eigenvalue weighted by Crippen LogP contribution is -2.52. The minimum absolute atomic E-state index is 0.0166. The first-order valence-corrected chi connectivity index (χ1v) is 11.7. The van der Waals surface area contributed by atoms with Gasteiger partial charge >= 0.3 is 0 Å². The van der Waals surface area contributed by atoms with E-state index in [9.17, 15) is 4.79 Å². The number of fused-ring (bicyclic) bond motifs is 1. The molecule has 0 aliphatic carbocycles. The van der Waals surface area contributed by atoms with Gasteiger partial charge in [0.1, 0.15) is 0 Å². The molecule has 7 nitrogen and oxygen atoms in total. The number of aryl methyl sites for hydroxylation is 2. The van der Waals surface area contributed by atoms with Crippen LogP contribution in [-0.2, 0) is 11.8 Å². The quantitative estimate of drug-likeness (QED) is 0.454. The number of hydrogen-bond donors (Lipinski definition) is 0. The van der Waals surface area contributed by atoms with Gasteiger partial charge in [-0.15, -0.1) is 0 Å². The van der Waals surface area contributed by atoms with E-state index < -0.39 is 6.10 Å². The second kappa shape index (κ2) is 9.17. The Bertz CT molecular complexity index is 1300. The molecule has 7 heteroatoms. The Morgan fingerprint density at radius 2 is 1.62 bits per heavy atom. The maximum absolute atomic E-state index is 13.2. The van der Waals surface area contributed by atoms with Crippen LogP contribution in [0.15, 0.2) is 66.7 Å². The van der Waals surface area contributed by atoms with Gasteiger partial charge in [-0.3, -0.25) is 9.48 Å². The minimum Gasteiger partial charge on any atom is -0.464 e. The molecular weight excluding hydrogens is 426 g/mol. The fourth-order valence-electron chi connectivity index (χ4n) is 4.64. The van der Waals surface area contributed by atoms with E-state index in [2.05, 4.69) is 34.3 Å². The number of carbonyl (C=O) groups excluding carboxylic acids is 1. The van der Waals surface area contributed by atoms with Crippen LogP contribution in [0.25, 0.3) is 22.2 Å². The summed E-state index contributed by atoms with van der Waals surface area (Å²) in [5.74, 6) is 0.412. The van der Waals surface area contributed by atoms with Crippen molar-refractivity contribution in [1.29, 1.82) is 0 Å². The Hall–Kier alpha value is -3.87. The van der Waals surface area contributed by atoms with Crippen LogP contribution >= 0.6 is 0 Å². The maximum Gasteiger partial charge on any atom is 0.263 e. The van der Waals surface area contributed by atoms with Gasteiger partial charge in [-0.2, -0.15) is 10.1 Å². The van der Waals surface area contributed by atoms with Gasteiger partial charge in [0, 0.05) is 45.0 Å². The molecule has 0 saturated carbocycles. The van der Waals surface area contributed by atoms with E-state index in [1.54, 1.807) is 11.6 Å². The number of carbonyl (C=O) groups is 1. The topological polar surface area (TPSA) is 63.5 Å². The van der Waals surface area contributed by atoms with Crippen LogP contribution in [-0.4, -0.2) is 57.9 Å². The van der Waals surface area contributed by atoms with Crippen LogP contribution in [0.5, 0.6) is 5.88 Å². The summed E-state index contributed by atoms with van der Waals surface area (Å²) in [5, 5.41) is 5.55. The highest BCUT2D eigenvalue weighted by atomic mass is 16.5. The number of rotatable bonds is 5. The number of nitrogens with zero attached hydrogens (tertiary/aromatic N) is 5. The SMILES string of the molecule is Cc1nn(C)c2nc(O[C@H](C)C(=O)N3CCN(c4ccccc4)CC3)cc(-c3ccccc3)c12. The first-order chi connectivity index (χ1) is 16.5. The van der Waals surface area contributed by atoms with E-state index in [0.717, 1.165) is 40.9 Å². The Morgan fingerprint density at radius 1 is 0.971 bits per heavy atom. The molecule has 2 aromatic carbocycles. The molecule has 0 spiro atoms. The third-order valence-electron chi connectivity index (χ3n) is 6.39. The average Bonchev–Trinajstić information content (AvgIpc) is 3.17. The Balaban J connectivity index is 1.34. The van der Waals surface area contributed by atoms with Crippen molar-refractivity contribution in [2.75, 3.05) is 31.1 Å². The smallest absolute Gasteiger partial charge is 0.263 e. The van der Waals surface area contributed by atoms with Crippen molar-refractivity contribution in [2.45, 2.75) is 20.0 Å². The molecule has 1 amide bonds. The highest BCUT2D eigenvalue weighted by Crippen LogP contribution is 2.33. The van der Waals surface area contributed by atoms with Crippen molar-refractivity contribution < 1.29 is 9.53 Å². The molecule has 2 aromatic heterocycles. The number of piperazine rings is 1. The lowest BCUT2D eigenvalue weighted by atomic mass is 10.0. The van der Waals surface area contributed by atoms with Gasteiger partial charge in [-0.1, -0.05) is 48.5 Å². The average molecular weight is 456 g/mol. The Labute approximate surface area is 199 Å². The first-order valence-electron chi connectivity index (χ1n) is 11.7. The summed E-state index contributed by atoms with van der Waals surface area (Å²) >= 11 is 0. The summed E-state index contributed by atoms with van der Waals surface area (Å²) in [4.78, 5) is 22.1. The third-order valence-corrected chi connectivity index (χ3v) is 6.39. The summed E-state index contributed by atoms with van der Waals surface area (Å²) in [5.41, 5.74) is 4.91. The second-order valence-corrected chi connectivity index (χ2v) is 8.69. The van der Waals surface area contributed by atoms with Crippen LogP contribution in [0.1, 0.15) is 12.6 Å². The normalized spacial score (nSPS) is 14.9. The molecule has 1 aliphatic rings. The molecule has 4 aromatic rings. The summed E-state index contributed by atoms with van der Waals surface area (Å²) < 4.78 is 7.88. The predicted octanol–water partition coefficient (Wildman–Crippen LogP) is 4.06. The highest BCUT2D eigenvalue weighted by Gasteiger charge is 2.27.